The van der Waals surface area contributed by atoms with E-state index in [4.69, 9.17) is 5.84 Å². The summed E-state index contributed by atoms with van der Waals surface area (Å²) in [6, 6.07) is 12.8. The lowest BCUT2D eigenvalue weighted by atomic mass is 9.87. The minimum Gasteiger partial charge on any atom is -0.276 e. The molecule has 4 heteroatoms. The highest BCUT2D eigenvalue weighted by atomic mass is 15.3. The van der Waals surface area contributed by atoms with Gasteiger partial charge < -0.3 is 0 Å². The first-order valence-electron chi connectivity index (χ1n) is 6.74. The molecule has 0 bridgehead atoms. The van der Waals surface area contributed by atoms with Gasteiger partial charge in [0.25, 0.3) is 0 Å². The fourth-order valence-corrected chi connectivity index (χ4v) is 2.57. The smallest absolute Gasteiger partial charge is 0.0640 e. The van der Waals surface area contributed by atoms with Gasteiger partial charge in [-0.25, -0.2) is 0 Å². The fraction of sp³-hybridized carbons (Fsp3) is 0.400. The highest BCUT2D eigenvalue weighted by molar-refractivity contribution is 5.22. The number of aryl methyl sites for hydroxylation is 1. The maximum Gasteiger partial charge on any atom is 0.0640 e. The molecule has 0 aliphatic carbocycles. The summed E-state index contributed by atoms with van der Waals surface area (Å²) in [5.41, 5.74) is 5.35. The van der Waals surface area contributed by atoms with E-state index in [2.05, 4.69) is 41.7 Å². The Hall–Kier alpha value is -1.65. The van der Waals surface area contributed by atoms with Crippen LogP contribution in [-0.2, 0) is 13.5 Å². The van der Waals surface area contributed by atoms with Crippen molar-refractivity contribution < 1.29 is 0 Å². The zero-order chi connectivity index (χ0) is 13.7. The number of nitrogens with zero attached hydrogens (tertiary/aromatic N) is 2. The van der Waals surface area contributed by atoms with E-state index >= 15 is 0 Å². The number of hydrogen-bond donors (Lipinski definition) is 2. The van der Waals surface area contributed by atoms with Crippen molar-refractivity contribution in [2.24, 2.45) is 12.9 Å². The van der Waals surface area contributed by atoms with Crippen molar-refractivity contribution in [3.63, 3.8) is 0 Å². The number of nitrogens with one attached hydrogen (secondary N) is 1. The molecule has 0 amide bonds. The molecule has 0 aliphatic heterocycles. The number of nitrogens with two attached hydrogens (primary N) is 1. The van der Waals surface area contributed by atoms with Crippen LogP contribution in [0.1, 0.15) is 30.5 Å². The number of rotatable bonds is 6. The van der Waals surface area contributed by atoms with Crippen molar-refractivity contribution in [1.82, 2.24) is 15.2 Å². The predicted octanol–water partition coefficient (Wildman–Crippen LogP) is 1.99. The lowest BCUT2D eigenvalue weighted by Gasteiger charge is -2.25. The molecule has 3 N–H and O–H groups in total. The molecule has 0 spiro atoms. The van der Waals surface area contributed by atoms with Crippen molar-refractivity contribution in [3.05, 3.63) is 53.9 Å². The Labute approximate surface area is 114 Å². The minimum atomic E-state index is 0.197. The molecule has 1 aromatic heterocycles. The first-order valence-corrected chi connectivity index (χ1v) is 6.74. The molecule has 2 rings (SSSR count). The molecule has 2 atom stereocenters. The van der Waals surface area contributed by atoms with Crippen LogP contribution in [-0.4, -0.2) is 15.8 Å². The molecule has 0 saturated heterocycles. The second-order valence-electron chi connectivity index (χ2n) is 4.88. The predicted molar refractivity (Wildman–Crippen MR) is 77.5 cm³/mol. The topological polar surface area (TPSA) is 55.9 Å². The maximum atomic E-state index is 5.76. The zero-order valence-electron chi connectivity index (χ0n) is 11.6. The molecule has 0 saturated carbocycles. The molecule has 2 unspecified atom stereocenters. The molecular formula is C15H22N4. The normalized spacial score (nSPS) is 14.3. The zero-order valence-corrected chi connectivity index (χ0v) is 11.6. The molecule has 19 heavy (non-hydrogen) atoms. The van der Waals surface area contributed by atoms with Gasteiger partial charge in [0.2, 0.25) is 0 Å². The highest BCUT2D eigenvalue weighted by Gasteiger charge is 2.21. The Balaban J connectivity index is 2.15. The molecule has 102 valence electrons. The Kier molecular flexibility index (Phi) is 4.71. The summed E-state index contributed by atoms with van der Waals surface area (Å²) >= 11 is 0. The van der Waals surface area contributed by atoms with E-state index in [9.17, 15) is 0 Å². The summed E-state index contributed by atoms with van der Waals surface area (Å²) in [6.45, 7) is 2.19. The van der Waals surface area contributed by atoms with E-state index in [1.807, 2.05) is 30.1 Å². The third kappa shape index (κ3) is 3.43. The molecule has 1 aromatic carbocycles. The van der Waals surface area contributed by atoms with Crippen molar-refractivity contribution >= 4 is 0 Å². The highest BCUT2D eigenvalue weighted by Crippen LogP contribution is 2.24. The van der Waals surface area contributed by atoms with Gasteiger partial charge >= 0.3 is 0 Å². The first kappa shape index (κ1) is 13.8. The fourth-order valence-electron chi connectivity index (χ4n) is 2.57. The number of benzene rings is 1. The summed E-state index contributed by atoms with van der Waals surface area (Å²) in [6.07, 6.45) is 3.85. The molecule has 0 fully saturated rings. The van der Waals surface area contributed by atoms with Crippen LogP contribution in [0.2, 0.25) is 0 Å². The summed E-state index contributed by atoms with van der Waals surface area (Å²) in [4.78, 5) is 0. The van der Waals surface area contributed by atoms with Gasteiger partial charge in [-0.1, -0.05) is 37.3 Å². The van der Waals surface area contributed by atoms with E-state index < -0.39 is 0 Å². The van der Waals surface area contributed by atoms with Gasteiger partial charge in [-0.05, 0) is 18.1 Å². The van der Waals surface area contributed by atoms with E-state index in [1.165, 1.54) is 5.56 Å². The SMILES string of the molecule is CCC(c1ccccc1)C(Cc1ccn(C)n1)NN. The lowest BCUT2D eigenvalue weighted by Crippen LogP contribution is -2.41. The quantitative estimate of drug-likeness (QED) is 0.615. The van der Waals surface area contributed by atoms with Gasteiger partial charge in [0, 0.05) is 31.6 Å². The standard InChI is InChI=1S/C15H22N4/c1-3-14(12-7-5-4-6-8-12)15(17-16)11-13-9-10-19(2)18-13/h4-10,14-15,17H,3,11,16H2,1-2H3. The Morgan fingerprint density at radius 2 is 2.00 bits per heavy atom. The Morgan fingerprint density at radius 3 is 2.53 bits per heavy atom. The van der Waals surface area contributed by atoms with Crippen LogP contribution in [0.3, 0.4) is 0 Å². The average Bonchev–Trinajstić information content (AvgIpc) is 2.85. The monoisotopic (exact) mass is 258 g/mol. The van der Waals surface area contributed by atoms with Gasteiger partial charge in [0.05, 0.1) is 5.69 Å². The molecule has 1 heterocycles. The third-order valence-corrected chi connectivity index (χ3v) is 3.57. The van der Waals surface area contributed by atoms with Crippen molar-refractivity contribution in [1.29, 1.82) is 0 Å². The molecule has 0 aliphatic rings. The summed E-state index contributed by atoms with van der Waals surface area (Å²) < 4.78 is 1.83. The molecule has 4 nitrogen and oxygen atoms in total. The van der Waals surface area contributed by atoms with Gasteiger partial charge in [-0.2, -0.15) is 5.10 Å². The Bertz CT molecular complexity index is 492. The van der Waals surface area contributed by atoms with E-state index in [-0.39, 0.29) is 6.04 Å². The number of hydrazine groups is 1. The summed E-state index contributed by atoms with van der Waals surface area (Å²) in [5, 5.41) is 4.43. The van der Waals surface area contributed by atoms with Crippen LogP contribution in [0.5, 0.6) is 0 Å². The van der Waals surface area contributed by atoms with Gasteiger partial charge in [0.15, 0.2) is 0 Å². The van der Waals surface area contributed by atoms with Crippen LogP contribution in [0.25, 0.3) is 0 Å². The minimum absolute atomic E-state index is 0.197. The van der Waals surface area contributed by atoms with Crippen LogP contribution >= 0.6 is 0 Å². The second-order valence-corrected chi connectivity index (χ2v) is 4.88. The third-order valence-electron chi connectivity index (χ3n) is 3.57. The van der Waals surface area contributed by atoms with Crippen LogP contribution < -0.4 is 11.3 Å². The van der Waals surface area contributed by atoms with Gasteiger partial charge in [0.1, 0.15) is 0 Å². The molecular weight excluding hydrogens is 236 g/mol. The van der Waals surface area contributed by atoms with Crippen molar-refractivity contribution in [2.75, 3.05) is 0 Å². The average molecular weight is 258 g/mol. The first-order chi connectivity index (χ1) is 9.24. The maximum absolute atomic E-state index is 5.76. The van der Waals surface area contributed by atoms with Gasteiger partial charge in [-0.3, -0.25) is 16.0 Å². The van der Waals surface area contributed by atoms with Crippen LogP contribution in [0.15, 0.2) is 42.6 Å². The lowest BCUT2D eigenvalue weighted by molar-refractivity contribution is 0.423. The van der Waals surface area contributed by atoms with Crippen LogP contribution in [0.4, 0.5) is 0 Å². The van der Waals surface area contributed by atoms with Crippen LogP contribution in [0, 0.1) is 0 Å². The Morgan fingerprint density at radius 1 is 1.26 bits per heavy atom. The summed E-state index contributed by atoms with van der Waals surface area (Å²) in [5.74, 6) is 6.15. The number of aromatic nitrogens is 2. The largest absolute Gasteiger partial charge is 0.276 e. The van der Waals surface area contributed by atoms with E-state index in [0.717, 1.165) is 18.5 Å². The van der Waals surface area contributed by atoms with E-state index in [1.54, 1.807) is 0 Å². The number of hydrogen-bond acceptors (Lipinski definition) is 3. The van der Waals surface area contributed by atoms with E-state index in [0.29, 0.717) is 5.92 Å². The van der Waals surface area contributed by atoms with Crippen molar-refractivity contribution in [3.8, 4) is 0 Å². The second kappa shape index (κ2) is 6.50. The van der Waals surface area contributed by atoms with Crippen molar-refractivity contribution in [2.45, 2.75) is 31.7 Å². The molecule has 0 radical (unpaired) electrons. The summed E-state index contributed by atoms with van der Waals surface area (Å²) in [7, 11) is 1.93. The molecule has 2 aromatic rings. The van der Waals surface area contributed by atoms with Gasteiger partial charge in [-0.15, -0.1) is 0 Å².